The molecule has 1 aromatic rings. The van der Waals surface area contributed by atoms with Crippen molar-refractivity contribution >= 4 is 23.1 Å². The van der Waals surface area contributed by atoms with Gasteiger partial charge in [0.2, 0.25) is 0 Å². The molecule has 0 saturated carbocycles. The second kappa shape index (κ2) is 8.20. The van der Waals surface area contributed by atoms with Gasteiger partial charge in [-0.05, 0) is 43.0 Å². The van der Waals surface area contributed by atoms with Gasteiger partial charge < -0.3 is 5.32 Å². The van der Waals surface area contributed by atoms with Gasteiger partial charge in [0.15, 0.2) is 0 Å². The van der Waals surface area contributed by atoms with Crippen molar-refractivity contribution in [3.8, 4) is 0 Å². The Labute approximate surface area is 102 Å². The van der Waals surface area contributed by atoms with Crippen molar-refractivity contribution in [3.05, 3.63) is 17.5 Å². The highest BCUT2D eigenvalue weighted by Crippen LogP contribution is 2.24. The summed E-state index contributed by atoms with van der Waals surface area (Å²) in [7, 11) is 0. The van der Waals surface area contributed by atoms with E-state index in [1.54, 1.807) is 0 Å². The summed E-state index contributed by atoms with van der Waals surface area (Å²) in [5, 5.41) is 5.67. The smallest absolute Gasteiger partial charge is 0.0598 e. The quantitative estimate of drug-likeness (QED) is 0.547. The highest BCUT2D eigenvalue weighted by atomic mass is 32.2. The van der Waals surface area contributed by atoms with Gasteiger partial charge in [-0.3, -0.25) is 0 Å². The molecule has 0 amide bonds. The van der Waals surface area contributed by atoms with Crippen molar-refractivity contribution in [1.82, 2.24) is 5.32 Å². The number of hydrogen-bond acceptors (Lipinski definition) is 3. The lowest BCUT2D eigenvalue weighted by molar-refractivity contribution is 0.477. The molecule has 1 unspecified atom stereocenters. The van der Waals surface area contributed by atoms with Gasteiger partial charge in [0.25, 0.3) is 0 Å². The first-order valence-electron chi connectivity index (χ1n) is 5.76. The SMILES string of the molecule is CCNC(CC)CCCSc1cccs1. The van der Waals surface area contributed by atoms with Crippen molar-refractivity contribution in [3.63, 3.8) is 0 Å². The minimum absolute atomic E-state index is 0.721. The number of thiophene rings is 1. The third kappa shape index (κ3) is 5.59. The summed E-state index contributed by atoms with van der Waals surface area (Å²) in [5.41, 5.74) is 0. The molecule has 0 spiro atoms. The van der Waals surface area contributed by atoms with Gasteiger partial charge in [-0.25, -0.2) is 0 Å². The predicted molar refractivity (Wildman–Crippen MR) is 72.0 cm³/mol. The van der Waals surface area contributed by atoms with E-state index in [1.807, 2.05) is 23.1 Å². The van der Waals surface area contributed by atoms with E-state index in [4.69, 9.17) is 0 Å². The highest BCUT2D eigenvalue weighted by Gasteiger charge is 2.03. The maximum atomic E-state index is 3.52. The summed E-state index contributed by atoms with van der Waals surface area (Å²) in [6.07, 6.45) is 3.87. The largest absolute Gasteiger partial charge is 0.314 e. The minimum Gasteiger partial charge on any atom is -0.314 e. The molecule has 1 rings (SSSR count). The van der Waals surface area contributed by atoms with Crippen LogP contribution in [0.5, 0.6) is 0 Å². The maximum Gasteiger partial charge on any atom is 0.0598 e. The minimum atomic E-state index is 0.721. The number of thioether (sulfide) groups is 1. The van der Waals surface area contributed by atoms with Crippen LogP contribution in [0.4, 0.5) is 0 Å². The molecule has 1 heterocycles. The molecule has 0 aromatic carbocycles. The van der Waals surface area contributed by atoms with Crippen LogP contribution in [0.15, 0.2) is 21.7 Å². The second-order valence-corrected chi connectivity index (χ2v) is 5.93. The highest BCUT2D eigenvalue weighted by molar-refractivity contribution is 8.01. The average Bonchev–Trinajstić information content (AvgIpc) is 2.75. The molecule has 15 heavy (non-hydrogen) atoms. The Kier molecular flexibility index (Phi) is 7.14. The first kappa shape index (κ1) is 13.1. The molecule has 0 bridgehead atoms. The number of hydrogen-bond donors (Lipinski definition) is 1. The summed E-state index contributed by atoms with van der Waals surface area (Å²) < 4.78 is 1.45. The molecule has 0 aliphatic heterocycles. The fourth-order valence-corrected chi connectivity index (χ4v) is 3.41. The first-order valence-corrected chi connectivity index (χ1v) is 7.63. The van der Waals surface area contributed by atoms with Crippen LogP contribution in [-0.2, 0) is 0 Å². The average molecular weight is 243 g/mol. The molecule has 3 heteroatoms. The predicted octanol–water partition coefficient (Wildman–Crippen LogP) is 4.01. The van der Waals surface area contributed by atoms with Crippen LogP contribution in [0, 0.1) is 0 Å². The van der Waals surface area contributed by atoms with Crippen molar-refractivity contribution in [1.29, 1.82) is 0 Å². The van der Waals surface area contributed by atoms with Crippen LogP contribution in [0.1, 0.15) is 33.1 Å². The Balaban J connectivity index is 2.05. The Morgan fingerprint density at radius 2 is 2.33 bits per heavy atom. The molecule has 1 nitrogen and oxygen atoms in total. The number of rotatable bonds is 8. The van der Waals surface area contributed by atoms with Crippen LogP contribution in [0.25, 0.3) is 0 Å². The van der Waals surface area contributed by atoms with Crippen molar-refractivity contribution in [2.75, 3.05) is 12.3 Å². The molecule has 86 valence electrons. The Morgan fingerprint density at radius 3 is 2.93 bits per heavy atom. The molecule has 0 fully saturated rings. The fraction of sp³-hybridized carbons (Fsp3) is 0.667. The Bertz CT molecular complexity index is 234. The molecule has 0 aliphatic rings. The van der Waals surface area contributed by atoms with Gasteiger partial charge in [-0.2, -0.15) is 0 Å². The van der Waals surface area contributed by atoms with E-state index >= 15 is 0 Å². The van der Waals surface area contributed by atoms with Crippen molar-refractivity contribution < 1.29 is 0 Å². The molecule has 1 N–H and O–H groups in total. The van der Waals surface area contributed by atoms with E-state index in [9.17, 15) is 0 Å². The van der Waals surface area contributed by atoms with E-state index in [-0.39, 0.29) is 0 Å². The molecule has 0 radical (unpaired) electrons. The van der Waals surface area contributed by atoms with Gasteiger partial charge in [0, 0.05) is 6.04 Å². The molecule has 0 aliphatic carbocycles. The fourth-order valence-electron chi connectivity index (χ4n) is 1.59. The van der Waals surface area contributed by atoms with Gasteiger partial charge in [-0.15, -0.1) is 23.1 Å². The van der Waals surface area contributed by atoms with Gasteiger partial charge in [-0.1, -0.05) is 19.9 Å². The molecule has 1 aromatic heterocycles. The van der Waals surface area contributed by atoms with Crippen LogP contribution in [0.3, 0.4) is 0 Å². The van der Waals surface area contributed by atoms with E-state index < -0.39 is 0 Å². The lowest BCUT2D eigenvalue weighted by atomic mass is 10.1. The second-order valence-electron chi connectivity index (χ2n) is 3.59. The summed E-state index contributed by atoms with van der Waals surface area (Å²) in [6.45, 7) is 5.54. The summed E-state index contributed by atoms with van der Waals surface area (Å²) in [4.78, 5) is 0. The Morgan fingerprint density at radius 1 is 1.47 bits per heavy atom. The maximum absolute atomic E-state index is 3.52. The summed E-state index contributed by atoms with van der Waals surface area (Å²) in [6, 6.07) is 5.05. The van der Waals surface area contributed by atoms with E-state index in [2.05, 4.69) is 36.7 Å². The van der Waals surface area contributed by atoms with E-state index in [0.717, 1.165) is 12.6 Å². The molecule has 1 atom stereocenters. The third-order valence-corrected chi connectivity index (χ3v) is 4.64. The van der Waals surface area contributed by atoms with Gasteiger partial charge in [0.05, 0.1) is 4.21 Å². The van der Waals surface area contributed by atoms with E-state index in [0.29, 0.717) is 0 Å². The molecular weight excluding hydrogens is 222 g/mol. The molecule has 0 saturated heterocycles. The van der Waals surface area contributed by atoms with Crippen LogP contribution >= 0.6 is 23.1 Å². The summed E-state index contributed by atoms with van der Waals surface area (Å²) >= 11 is 3.83. The monoisotopic (exact) mass is 243 g/mol. The normalized spacial score (nSPS) is 12.9. The van der Waals surface area contributed by atoms with Gasteiger partial charge in [0.1, 0.15) is 0 Å². The first-order chi connectivity index (χ1) is 7.36. The summed E-state index contributed by atoms with van der Waals surface area (Å²) in [5.74, 6) is 1.25. The lowest BCUT2D eigenvalue weighted by Gasteiger charge is -2.14. The lowest BCUT2D eigenvalue weighted by Crippen LogP contribution is -2.27. The third-order valence-electron chi connectivity index (χ3n) is 2.42. The van der Waals surface area contributed by atoms with E-state index in [1.165, 1.54) is 29.2 Å². The van der Waals surface area contributed by atoms with Gasteiger partial charge >= 0.3 is 0 Å². The zero-order valence-electron chi connectivity index (χ0n) is 9.66. The van der Waals surface area contributed by atoms with Crippen molar-refractivity contribution in [2.45, 2.75) is 43.4 Å². The Hall–Kier alpha value is 0.01000. The molecular formula is C12H21NS2. The zero-order valence-corrected chi connectivity index (χ0v) is 11.3. The standard InChI is InChI=1S/C12H21NS2/c1-3-11(13-4-2)7-5-9-14-12-8-6-10-15-12/h6,8,10-11,13H,3-5,7,9H2,1-2H3. The topological polar surface area (TPSA) is 12.0 Å². The zero-order chi connectivity index (χ0) is 10.9. The van der Waals surface area contributed by atoms with Crippen LogP contribution < -0.4 is 5.32 Å². The van der Waals surface area contributed by atoms with Crippen LogP contribution in [-0.4, -0.2) is 18.3 Å². The number of nitrogens with one attached hydrogen (secondary N) is 1. The van der Waals surface area contributed by atoms with Crippen molar-refractivity contribution in [2.24, 2.45) is 0 Å². The van der Waals surface area contributed by atoms with Crippen LogP contribution in [0.2, 0.25) is 0 Å².